The van der Waals surface area contributed by atoms with Gasteiger partial charge in [-0.05, 0) is 79.4 Å². The van der Waals surface area contributed by atoms with Crippen LogP contribution in [0, 0.1) is 26.6 Å². The van der Waals surface area contributed by atoms with Gasteiger partial charge in [0.25, 0.3) is 17.6 Å². The fraction of sp³-hybridized carbons (Fsp3) is 0.292. The van der Waals surface area contributed by atoms with Gasteiger partial charge in [0.1, 0.15) is 11.4 Å². The van der Waals surface area contributed by atoms with Crippen LogP contribution < -0.4 is 10.6 Å². The minimum Gasteiger partial charge on any atom is -0.384 e. The molecular formula is C24H26FN3O4S. The Morgan fingerprint density at radius 3 is 2.48 bits per heavy atom. The summed E-state index contributed by atoms with van der Waals surface area (Å²) in [5, 5.41) is 19.4. The first kappa shape index (κ1) is 24.3. The number of nitrogens with one attached hydrogen (secondary N) is 2. The third-order valence-electron chi connectivity index (χ3n) is 5.73. The van der Waals surface area contributed by atoms with Crippen molar-refractivity contribution in [2.45, 2.75) is 33.3 Å². The number of halogens is 1. The van der Waals surface area contributed by atoms with Crippen molar-refractivity contribution in [3.63, 3.8) is 0 Å². The number of carbonyl (C=O) groups is 3. The van der Waals surface area contributed by atoms with Gasteiger partial charge < -0.3 is 20.3 Å². The fourth-order valence-electron chi connectivity index (χ4n) is 3.66. The van der Waals surface area contributed by atoms with Crippen LogP contribution >= 0.6 is 11.3 Å². The number of rotatable bonds is 7. The molecule has 174 valence electrons. The summed E-state index contributed by atoms with van der Waals surface area (Å²) in [7, 11) is 1.60. The maximum atomic E-state index is 13.5. The Hall–Kier alpha value is -3.30. The van der Waals surface area contributed by atoms with Crippen LogP contribution in [0.25, 0.3) is 0 Å². The molecule has 33 heavy (non-hydrogen) atoms. The summed E-state index contributed by atoms with van der Waals surface area (Å²) < 4.78 is 15.0. The first-order valence-corrected chi connectivity index (χ1v) is 11.2. The molecule has 0 radical (unpaired) electrons. The molecule has 1 aromatic carbocycles. The Kier molecular flexibility index (Phi) is 6.85. The molecule has 9 heteroatoms. The first-order valence-electron chi connectivity index (χ1n) is 10.2. The number of aryl methyl sites for hydroxylation is 1. The molecule has 0 saturated heterocycles. The summed E-state index contributed by atoms with van der Waals surface area (Å²) >= 11 is 1.42. The van der Waals surface area contributed by atoms with E-state index in [1.807, 2.05) is 5.38 Å². The minimum absolute atomic E-state index is 0.0839. The number of aliphatic hydroxyl groups is 1. The van der Waals surface area contributed by atoms with Gasteiger partial charge in [-0.25, -0.2) is 4.39 Å². The molecule has 0 spiro atoms. The van der Waals surface area contributed by atoms with Gasteiger partial charge in [0.05, 0.1) is 17.8 Å². The van der Waals surface area contributed by atoms with Gasteiger partial charge in [-0.15, -0.1) is 0 Å². The third-order valence-corrected chi connectivity index (χ3v) is 6.41. The number of amides is 2. The topological polar surface area (TPSA) is 100 Å². The van der Waals surface area contributed by atoms with Crippen LogP contribution in [-0.4, -0.2) is 33.8 Å². The second-order valence-corrected chi connectivity index (χ2v) is 8.99. The summed E-state index contributed by atoms with van der Waals surface area (Å²) in [6, 6.07) is 5.98. The maximum absolute atomic E-state index is 13.5. The molecule has 1 atom stereocenters. The van der Waals surface area contributed by atoms with Gasteiger partial charge in [0.15, 0.2) is 0 Å². The zero-order chi connectivity index (χ0) is 24.5. The van der Waals surface area contributed by atoms with Crippen LogP contribution in [0.5, 0.6) is 0 Å². The van der Waals surface area contributed by atoms with Crippen molar-refractivity contribution in [1.29, 1.82) is 0 Å². The van der Waals surface area contributed by atoms with Crippen LogP contribution in [0.3, 0.4) is 0 Å². The summed E-state index contributed by atoms with van der Waals surface area (Å²) in [5.41, 5.74) is 1.33. The lowest BCUT2D eigenvalue weighted by molar-refractivity contribution is -0.118. The number of hydrogen-bond donors (Lipinski definition) is 3. The summed E-state index contributed by atoms with van der Waals surface area (Å²) in [6.07, 6.45) is 0. The van der Waals surface area contributed by atoms with E-state index in [0.29, 0.717) is 28.1 Å². The van der Waals surface area contributed by atoms with Gasteiger partial charge >= 0.3 is 0 Å². The summed E-state index contributed by atoms with van der Waals surface area (Å²) in [4.78, 5) is 38.5. The highest BCUT2D eigenvalue weighted by Crippen LogP contribution is 2.25. The quantitative estimate of drug-likeness (QED) is 0.362. The molecule has 3 rings (SSSR count). The molecule has 2 amide bonds. The second-order valence-electron chi connectivity index (χ2n) is 8.21. The molecule has 7 nitrogen and oxygen atoms in total. The highest BCUT2D eigenvalue weighted by Gasteiger charge is 2.30. The lowest BCUT2D eigenvalue weighted by atomic mass is 9.99. The van der Waals surface area contributed by atoms with Crippen molar-refractivity contribution in [2.24, 2.45) is 7.05 Å². The molecule has 1 unspecified atom stereocenters. The number of aromatic nitrogens is 1. The lowest BCUT2D eigenvalue weighted by Gasteiger charge is -2.22. The number of benzene rings is 1. The highest BCUT2D eigenvalue weighted by atomic mass is 32.1. The van der Waals surface area contributed by atoms with Gasteiger partial charge in [-0.2, -0.15) is 11.3 Å². The molecule has 0 saturated carbocycles. The number of hydrogen-bond acceptors (Lipinski definition) is 5. The van der Waals surface area contributed by atoms with Gasteiger partial charge in [0.2, 0.25) is 0 Å². The predicted octanol–water partition coefficient (Wildman–Crippen LogP) is 3.61. The van der Waals surface area contributed by atoms with Gasteiger partial charge in [-0.3, -0.25) is 14.4 Å². The first-order chi connectivity index (χ1) is 15.4. The van der Waals surface area contributed by atoms with E-state index in [2.05, 4.69) is 10.6 Å². The number of thiophene rings is 1. The lowest BCUT2D eigenvalue weighted by Crippen LogP contribution is -2.41. The molecular weight excluding hydrogens is 445 g/mol. The molecule has 0 aliphatic carbocycles. The molecule has 0 aliphatic rings. The Labute approximate surface area is 195 Å². The van der Waals surface area contributed by atoms with Crippen LogP contribution in [-0.2, 0) is 17.4 Å². The Bertz CT molecular complexity index is 1230. The van der Waals surface area contributed by atoms with Crippen LogP contribution in [0.1, 0.15) is 50.2 Å². The Morgan fingerprint density at radius 2 is 1.88 bits per heavy atom. The molecule has 0 fully saturated rings. The molecule has 2 aromatic heterocycles. The van der Waals surface area contributed by atoms with Crippen molar-refractivity contribution < 1.29 is 23.9 Å². The molecule has 0 aliphatic heterocycles. The number of Topliss-reactive ketones (excluding diaryl/α,β-unsaturated/α-hetero) is 1. The van der Waals surface area contributed by atoms with Gasteiger partial charge in [0, 0.05) is 18.4 Å². The van der Waals surface area contributed by atoms with Gasteiger partial charge in [-0.1, -0.05) is 0 Å². The molecule has 3 N–H and O–H groups in total. The largest absolute Gasteiger partial charge is 0.384 e. The summed E-state index contributed by atoms with van der Waals surface area (Å²) in [6.45, 7) is 6.27. The number of ketones is 1. The third kappa shape index (κ3) is 4.89. The van der Waals surface area contributed by atoms with Crippen LogP contribution in [0.2, 0.25) is 0 Å². The monoisotopic (exact) mass is 471 g/mol. The Morgan fingerprint density at radius 1 is 1.18 bits per heavy atom. The van der Waals surface area contributed by atoms with Crippen LogP contribution in [0.15, 0.2) is 35.0 Å². The van der Waals surface area contributed by atoms with Crippen molar-refractivity contribution in [2.75, 3.05) is 11.9 Å². The van der Waals surface area contributed by atoms with Crippen LogP contribution in [0.4, 0.5) is 10.1 Å². The van der Waals surface area contributed by atoms with E-state index >= 15 is 0 Å². The predicted molar refractivity (Wildman–Crippen MR) is 125 cm³/mol. The number of nitrogens with zero attached hydrogens (tertiary/aromatic N) is 1. The standard InChI is InChI=1S/C24H26FN3O4S/c1-13-10-17(6-7-18(13)25)27-22(30)19-14(2)20(28(5)15(19)3)21(29)23(31)26-12-24(4,32)16-8-9-33-11-16/h6-11,32H,12H2,1-5H3,(H,26,31)(H,27,30). The average molecular weight is 472 g/mol. The zero-order valence-electron chi connectivity index (χ0n) is 19.1. The minimum atomic E-state index is -1.33. The second kappa shape index (κ2) is 9.29. The van der Waals surface area contributed by atoms with Crippen molar-refractivity contribution >= 4 is 34.6 Å². The zero-order valence-corrected chi connectivity index (χ0v) is 19.9. The average Bonchev–Trinajstić information content (AvgIpc) is 3.37. The number of carbonyl (C=O) groups excluding carboxylic acids is 3. The van der Waals surface area contributed by atoms with Crippen molar-refractivity contribution in [3.8, 4) is 0 Å². The molecule has 3 aromatic rings. The molecule has 0 bridgehead atoms. The van der Waals surface area contributed by atoms with E-state index in [9.17, 15) is 23.9 Å². The molecule has 2 heterocycles. The SMILES string of the molecule is Cc1cc(NC(=O)c2c(C)c(C(=O)C(=O)NCC(C)(O)c3ccsc3)n(C)c2C)ccc1F. The smallest absolute Gasteiger partial charge is 0.294 e. The Balaban J connectivity index is 1.80. The van der Waals surface area contributed by atoms with Crippen molar-refractivity contribution in [3.05, 3.63) is 74.5 Å². The number of anilines is 1. The van der Waals surface area contributed by atoms with E-state index < -0.39 is 23.2 Å². The maximum Gasteiger partial charge on any atom is 0.294 e. The van der Waals surface area contributed by atoms with Crippen molar-refractivity contribution in [1.82, 2.24) is 9.88 Å². The highest BCUT2D eigenvalue weighted by molar-refractivity contribution is 7.08. The van der Waals surface area contributed by atoms with E-state index in [-0.39, 0.29) is 23.6 Å². The fourth-order valence-corrected chi connectivity index (χ4v) is 4.45. The van der Waals surface area contributed by atoms with E-state index in [1.165, 1.54) is 34.1 Å². The van der Waals surface area contributed by atoms with E-state index in [1.54, 1.807) is 46.2 Å². The van der Waals surface area contributed by atoms with E-state index in [4.69, 9.17) is 0 Å². The normalized spacial score (nSPS) is 12.8. The van der Waals surface area contributed by atoms with E-state index in [0.717, 1.165) is 0 Å². The summed E-state index contributed by atoms with van der Waals surface area (Å²) in [5.74, 6) is -2.53.